The van der Waals surface area contributed by atoms with Crippen molar-refractivity contribution >= 4 is 23.7 Å². The minimum absolute atomic E-state index is 0.423. The molecule has 2 heterocycles. The second-order valence-electron chi connectivity index (χ2n) is 8.69. The van der Waals surface area contributed by atoms with Gasteiger partial charge in [-0.05, 0) is 47.4 Å². The molecule has 1 fully saturated rings. The summed E-state index contributed by atoms with van der Waals surface area (Å²) in [7, 11) is 4.12. The summed E-state index contributed by atoms with van der Waals surface area (Å²) >= 11 is 1.92. The maximum Gasteiger partial charge on any atom is 0.0542 e. The fourth-order valence-electron chi connectivity index (χ4n) is 4.53. The second-order valence-corrected chi connectivity index (χ2v) is 9.77. The van der Waals surface area contributed by atoms with Gasteiger partial charge in [-0.3, -0.25) is 9.91 Å². The van der Waals surface area contributed by atoms with Gasteiger partial charge in [0.15, 0.2) is 0 Å². The van der Waals surface area contributed by atoms with Crippen LogP contribution in [0.25, 0.3) is 0 Å². The summed E-state index contributed by atoms with van der Waals surface area (Å²) in [6.07, 6.45) is 3.06. The number of anilines is 1. The molecule has 32 heavy (non-hydrogen) atoms. The molecule has 3 aromatic carbocycles. The van der Waals surface area contributed by atoms with Gasteiger partial charge in [-0.15, -0.1) is 0 Å². The molecule has 5 heteroatoms. The third-order valence-electron chi connectivity index (χ3n) is 6.39. The third-order valence-corrected chi connectivity index (χ3v) is 7.60. The lowest BCUT2D eigenvalue weighted by atomic mass is 9.97. The molecule has 0 aliphatic carbocycles. The van der Waals surface area contributed by atoms with Crippen molar-refractivity contribution in [2.45, 2.75) is 22.3 Å². The van der Waals surface area contributed by atoms with Gasteiger partial charge < -0.3 is 4.90 Å². The SMILES string of the molecule is CN(C)c1ccc(C=NN2CCN(C3Cc4ccccc4Sc4ccccc43)CC2)cc1. The maximum absolute atomic E-state index is 4.77. The predicted molar refractivity (Wildman–Crippen MR) is 135 cm³/mol. The molecule has 1 unspecified atom stereocenters. The van der Waals surface area contributed by atoms with Crippen LogP contribution in [0.1, 0.15) is 22.7 Å². The van der Waals surface area contributed by atoms with Crippen LogP contribution in [0.3, 0.4) is 0 Å². The van der Waals surface area contributed by atoms with Crippen LogP contribution >= 0.6 is 11.8 Å². The van der Waals surface area contributed by atoms with E-state index in [9.17, 15) is 0 Å². The summed E-state index contributed by atoms with van der Waals surface area (Å²) in [6, 6.07) is 26.8. The summed E-state index contributed by atoms with van der Waals surface area (Å²) in [4.78, 5) is 7.55. The molecule has 164 valence electrons. The standard InChI is InChI=1S/C27H30N4S/c1-29(2)23-13-11-21(12-14-23)20-28-31-17-15-30(16-18-31)25-19-22-7-3-5-9-26(22)32-27-10-6-4-8-24(25)27/h3-14,20,25H,15-19H2,1-2H3. The highest BCUT2D eigenvalue weighted by molar-refractivity contribution is 7.99. The molecule has 0 spiro atoms. The van der Waals surface area contributed by atoms with Crippen molar-refractivity contribution in [2.75, 3.05) is 45.2 Å². The zero-order valence-corrected chi connectivity index (χ0v) is 19.6. The van der Waals surface area contributed by atoms with Gasteiger partial charge >= 0.3 is 0 Å². The fraction of sp³-hybridized carbons (Fsp3) is 0.296. The molecule has 0 bridgehead atoms. The number of piperazine rings is 1. The van der Waals surface area contributed by atoms with E-state index in [1.807, 2.05) is 18.0 Å². The second kappa shape index (κ2) is 9.39. The number of hydrogen-bond acceptors (Lipinski definition) is 5. The van der Waals surface area contributed by atoms with E-state index in [2.05, 4.69) is 102 Å². The first-order chi connectivity index (χ1) is 15.7. The average Bonchev–Trinajstić information content (AvgIpc) is 3.00. The summed E-state index contributed by atoms with van der Waals surface area (Å²) < 4.78 is 0. The highest BCUT2D eigenvalue weighted by atomic mass is 32.2. The lowest BCUT2D eigenvalue weighted by molar-refractivity contribution is 0.0970. The van der Waals surface area contributed by atoms with Crippen LogP contribution in [0.15, 0.2) is 87.7 Å². The van der Waals surface area contributed by atoms with Crippen LogP contribution < -0.4 is 4.90 Å². The Morgan fingerprint density at radius 3 is 2.28 bits per heavy atom. The molecular weight excluding hydrogens is 412 g/mol. The molecule has 2 aliphatic heterocycles. The van der Waals surface area contributed by atoms with Gasteiger partial charge in [0.05, 0.1) is 6.21 Å². The number of nitrogens with zero attached hydrogens (tertiary/aromatic N) is 4. The minimum atomic E-state index is 0.423. The van der Waals surface area contributed by atoms with E-state index in [1.54, 1.807) is 0 Å². The van der Waals surface area contributed by atoms with Crippen LogP contribution in [0.4, 0.5) is 5.69 Å². The van der Waals surface area contributed by atoms with Crippen molar-refractivity contribution in [3.8, 4) is 0 Å². The van der Waals surface area contributed by atoms with Crippen molar-refractivity contribution in [1.82, 2.24) is 9.91 Å². The van der Waals surface area contributed by atoms with Crippen molar-refractivity contribution in [1.29, 1.82) is 0 Å². The quantitative estimate of drug-likeness (QED) is 0.521. The van der Waals surface area contributed by atoms with Gasteiger partial charge in [0.2, 0.25) is 0 Å². The molecular formula is C27H30N4S. The topological polar surface area (TPSA) is 22.1 Å². The predicted octanol–water partition coefficient (Wildman–Crippen LogP) is 5.15. The zero-order valence-electron chi connectivity index (χ0n) is 18.8. The number of hydrazone groups is 1. The smallest absolute Gasteiger partial charge is 0.0542 e. The lowest BCUT2D eigenvalue weighted by Crippen LogP contribution is -2.46. The summed E-state index contributed by atoms with van der Waals surface area (Å²) in [5.74, 6) is 0. The Bertz CT molecular complexity index is 1080. The van der Waals surface area contributed by atoms with E-state index < -0.39 is 0 Å². The molecule has 0 radical (unpaired) electrons. The highest BCUT2D eigenvalue weighted by Crippen LogP contribution is 2.42. The Hall–Kier alpha value is -2.76. The lowest BCUT2D eigenvalue weighted by Gasteiger charge is -2.38. The fourth-order valence-corrected chi connectivity index (χ4v) is 5.66. The van der Waals surface area contributed by atoms with Crippen molar-refractivity contribution in [3.05, 3.63) is 89.5 Å². The first kappa shape index (κ1) is 21.1. The monoisotopic (exact) mass is 442 g/mol. The average molecular weight is 443 g/mol. The molecule has 0 aromatic heterocycles. The number of rotatable bonds is 4. The van der Waals surface area contributed by atoms with Crippen LogP contribution in [0.5, 0.6) is 0 Å². The molecule has 2 aliphatic rings. The van der Waals surface area contributed by atoms with Crippen LogP contribution in [0, 0.1) is 0 Å². The molecule has 0 amide bonds. The molecule has 1 atom stereocenters. The Kier molecular flexibility index (Phi) is 6.19. The molecule has 3 aromatic rings. The van der Waals surface area contributed by atoms with E-state index in [0.717, 1.165) is 38.2 Å². The molecule has 1 saturated heterocycles. The van der Waals surface area contributed by atoms with Gasteiger partial charge in [-0.1, -0.05) is 60.3 Å². The normalized spacial score (nSPS) is 18.8. The zero-order chi connectivity index (χ0) is 21.9. The van der Waals surface area contributed by atoms with E-state index >= 15 is 0 Å². The molecule has 5 rings (SSSR count). The molecule has 0 saturated carbocycles. The van der Waals surface area contributed by atoms with Gasteiger partial charge in [0.25, 0.3) is 0 Å². The Labute approximate surface area is 195 Å². The van der Waals surface area contributed by atoms with Gasteiger partial charge in [0.1, 0.15) is 0 Å². The van der Waals surface area contributed by atoms with Crippen LogP contribution in [-0.4, -0.2) is 56.4 Å². The Morgan fingerprint density at radius 2 is 1.53 bits per heavy atom. The van der Waals surface area contributed by atoms with Crippen molar-refractivity contribution in [3.63, 3.8) is 0 Å². The van der Waals surface area contributed by atoms with Crippen LogP contribution in [0.2, 0.25) is 0 Å². The largest absolute Gasteiger partial charge is 0.378 e. The Balaban J connectivity index is 1.27. The maximum atomic E-state index is 4.77. The third kappa shape index (κ3) is 4.54. The summed E-state index contributed by atoms with van der Waals surface area (Å²) in [5, 5.41) is 6.98. The van der Waals surface area contributed by atoms with Gasteiger partial charge in [-0.25, -0.2) is 0 Å². The van der Waals surface area contributed by atoms with Crippen LogP contribution in [-0.2, 0) is 6.42 Å². The van der Waals surface area contributed by atoms with E-state index in [0.29, 0.717) is 6.04 Å². The number of fused-ring (bicyclic) bond motifs is 2. The molecule has 0 N–H and O–H groups in total. The van der Waals surface area contributed by atoms with E-state index in [4.69, 9.17) is 5.10 Å². The molecule has 4 nitrogen and oxygen atoms in total. The minimum Gasteiger partial charge on any atom is -0.378 e. The van der Waals surface area contributed by atoms with Gasteiger partial charge in [-0.2, -0.15) is 5.10 Å². The van der Waals surface area contributed by atoms with Gasteiger partial charge in [0, 0.05) is 61.8 Å². The number of hydrogen-bond donors (Lipinski definition) is 0. The van der Waals surface area contributed by atoms with E-state index in [-0.39, 0.29) is 0 Å². The Morgan fingerprint density at radius 1 is 0.844 bits per heavy atom. The summed E-state index contributed by atoms with van der Waals surface area (Å²) in [5.41, 5.74) is 5.27. The van der Waals surface area contributed by atoms with E-state index in [1.165, 1.54) is 26.6 Å². The number of benzene rings is 3. The van der Waals surface area contributed by atoms with Crippen molar-refractivity contribution in [2.24, 2.45) is 5.10 Å². The summed E-state index contributed by atoms with van der Waals surface area (Å²) in [6.45, 7) is 3.98. The first-order valence-electron chi connectivity index (χ1n) is 11.3. The highest BCUT2D eigenvalue weighted by Gasteiger charge is 2.29. The first-order valence-corrected chi connectivity index (χ1v) is 12.1. The van der Waals surface area contributed by atoms with Crippen molar-refractivity contribution < 1.29 is 0 Å².